The Morgan fingerprint density at radius 2 is 1.87 bits per heavy atom. The molecule has 0 N–H and O–H groups in total. The van der Waals surface area contributed by atoms with Crippen molar-refractivity contribution < 1.29 is 9.13 Å². The minimum atomic E-state index is -0.187. The van der Waals surface area contributed by atoms with Gasteiger partial charge in [-0.25, -0.2) is 4.39 Å². The van der Waals surface area contributed by atoms with E-state index in [2.05, 4.69) is 29.2 Å². The van der Waals surface area contributed by atoms with E-state index in [-0.39, 0.29) is 5.82 Å². The molecule has 3 heteroatoms. The van der Waals surface area contributed by atoms with Crippen LogP contribution in [-0.2, 0) is 11.3 Å². The number of methoxy groups -OCH3 is 1. The van der Waals surface area contributed by atoms with Crippen LogP contribution in [0.2, 0.25) is 0 Å². The van der Waals surface area contributed by atoms with E-state index < -0.39 is 0 Å². The van der Waals surface area contributed by atoms with Crippen molar-refractivity contribution in [3.8, 4) is 0 Å². The molecule has 2 aromatic rings. The smallest absolute Gasteiger partial charge is 0.123 e. The van der Waals surface area contributed by atoms with Crippen LogP contribution >= 0.6 is 0 Å². The molecule has 1 saturated heterocycles. The van der Waals surface area contributed by atoms with Crippen LogP contribution in [0.15, 0.2) is 66.4 Å². The Morgan fingerprint density at radius 1 is 1.13 bits per heavy atom. The molecule has 1 atom stereocenters. The van der Waals surface area contributed by atoms with Gasteiger partial charge in [0, 0.05) is 19.0 Å². The molecule has 3 rings (SSSR count). The van der Waals surface area contributed by atoms with Crippen LogP contribution < -0.4 is 0 Å². The molecule has 23 heavy (non-hydrogen) atoms. The van der Waals surface area contributed by atoms with E-state index in [1.54, 1.807) is 7.11 Å². The van der Waals surface area contributed by atoms with Crippen molar-refractivity contribution in [2.75, 3.05) is 20.2 Å². The largest absolute Gasteiger partial charge is 0.504 e. The summed E-state index contributed by atoms with van der Waals surface area (Å²) in [6.45, 7) is 2.85. The molecule has 0 spiro atoms. The molecule has 2 nitrogen and oxygen atoms in total. The lowest BCUT2D eigenvalue weighted by Crippen LogP contribution is -2.34. The van der Waals surface area contributed by atoms with Crippen molar-refractivity contribution >= 4 is 0 Å². The molecule has 1 heterocycles. The Morgan fingerprint density at radius 3 is 2.57 bits per heavy atom. The minimum Gasteiger partial charge on any atom is -0.504 e. The van der Waals surface area contributed by atoms with E-state index in [0.29, 0.717) is 5.92 Å². The number of likely N-dealkylation sites (tertiary alicyclic amines) is 1. The Kier molecular flexibility index (Phi) is 5.09. The molecular weight excluding hydrogens is 289 g/mol. The molecule has 1 aliphatic rings. The van der Waals surface area contributed by atoms with Gasteiger partial charge in [-0.05, 0) is 41.8 Å². The molecule has 120 valence electrons. The van der Waals surface area contributed by atoms with Crippen molar-refractivity contribution in [2.45, 2.75) is 18.9 Å². The highest BCUT2D eigenvalue weighted by Crippen LogP contribution is 2.33. The number of ether oxygens (including phenoxy) is 1. The van der Waals surface area contributed by atoms with Gasteiger partial charge in [0.25, 0.3) is 0 Å². The molecule has 0 aliphatic carbocycles. The molecule has 1 fully saturated rings. The highest BCUT2D eigenvalue weighted by Gasteiger charge is 2.25. The van der Waals surface area contributed by atoms with E-state index in [1.165, 1.54) is 23.3 Å². The summed E-state index contributed by atoms with van der Waals surface area (Å²) in [7, 11) is 1.69. The Bertz CT molecular complexity index is 651. The van der Waals surface area contributed by atoms with Crippen molar-refractivity contribution in [3.05, 3.63) is 83.4 Å². The lowest BCUT2D eigenvalue weighted by Gasteiger charge is -2.34. The van der Waals surface area contributed by atoms with Gasteiger partial charge < -0.3 is 4.74 Å². The average molecular weight is 311 g/mol. The monoisotopic (exact) mass is 311 g/mol. The predicted octanol–water partition coefficient (Wildman–Crippen LogP) is 4.35. The number of rotatable bonds is 4. The third-order valence-electron chi connectivity index (χ3n) is 4.38. The van der Waals surface area contributed by atoms with Gasteiger partial charge >= 0.3 is 0 Å². The Hall–Kier alpha value is -2.13. The van der Waals surface area contributed by atoms with Crippen molar-refractivity contribution in [1.82, 2.24) is 4.90 Å². The maximum atomic E-state index is 13.2. The Labute approximate surface area is 137 Å². The third kappa shape index (κ3) is 3.99. The lowest BCUT2D eigenvalue weighted by atomic mass is 9.85. The fourth-order valence-corrected chi connectivity index (χ4v) is 3.27. The van der Waals surface area contributed by atoms with Gasteiger partial charge in [-0.15, -0.1) is 0 Å². The van der Waals surface area contributed by atoms with Gasteiger partial charge in [0.1, 0.15) is 5.82 Å². The number of hydrogen-bond acceptors (Lipinski definition) is 2. The zero-order valence-corrected chi connectivity index (χ0v) is 13.4. The average Bonchev–Trinajstić information content (AvgIpc) is 2.57. The first kappa shape index (κ1) is 15.8. The first-order valence-corrected chi connectivity index (χ1v) is 8.00. The van der Waals surface area contributed by atoms with Gasteiger partial charge in [-0.2, -0.15) is 0 Å². The highest BCUT2D eigenvalue weighted by molar-refractivity contribution is 5.31. The fraction of sp³-hybridized carbons (Fsp3) is 0.300. The van der Waals surface area contributed by atoms with Crippen LogP contribution in [-0.4, -0.2) is 25.1 Å². The van der Waals surface area contributed by atoms with Gasteiger partial charge in [0.2, 0.25) is 0 Å². The van der Waals surface area contributed by atoms with Crippen molar-refractivity contribution in [1.29, 1.82) is 0 Å². The number of benzene rings is 2. The summed E-state index contributed by atoms with van der Waals surface area (Å²) in [5.41, 5.74) is 3.74. The van der Waals surface area contributed by atoms with Gasteiger partial charge in [0.05, 0.1) is 13.4 Å². The van der Waals surface area contributed by atoms with E-state index in [0.717, 1.165) is 31.6 Å². The van der Waals surface area contributed by atoms with E-state index in [1.807, 2.05) is 24.5 Å². The lowest BCUT2D eigenvalue weighted by molar-refractivity contribution is 0.235. The van der Waals surface area contributed by atoms with E-state index in [9.17, 15) is 4.39 Å². The molecule has 0 radical (unpaired) electrons. The molecule has 0 aromatic heterocycles. The number of halogens is 1. The van der Waals surface area contributed by atoms with E-state index >= 15 is 0 Å². The first-order valence-electron chi connectivity index (χ1n) is 8.00. The summed E-state index contributed by atoms with van der Waals surface area (Å²) in [4.78, 5) is 2.43. The second-order valence-electron chi connectivity index (χ2n) is 6.02. The van der Waals surface area contributed by atoms with Crippen LogP contribution in [0.25, 0.3) is 0 Å². The molecule has 0 saturated carbocycles. The van der Waals surface area contributed by atoms with Crippen LogP contribution in [0, 0.1) is 5.82 Å². The minimum absolute atomic E-state index is 0.187. The summed E-state index contributed by atoms with van der Waals surface area (Å²) in [6.07, 6.45) is 2.87. The molecule has 0 unspecified atom stereocenters. The number of nitrogens with zero attached hydrogens (tertiary/aromatic N) is 1. The molecule has 1 aliphatic heterocycles. The third-order valence-corrected chi connectivity index (χ3v) is 4.38. The maximum Gasteiger partial charge on any atom is 0.123 e. The van der Waals surface area contributed by atoms with Crippen molar-refractivity contribution in [3.63, 3.8) is 0 Å². The second-order valence-corrected chi connectivity index (χ2v) is 6.02. The fourth-order valence-electron chi connectivity index (χ4n) is 3.27. The summed E-state index contributed by atoms with van der Waals surface area (Å²) in [5, 5.41) is 0. The van der Waals surface area contributed by atoms with Crippen LogP contribution in [0.3, 0.4) is 0 Å². The molecular formula is C20H22FNO. The highest BCUT2D eigenvalue weighted by atomic mass is 19.1. The van der Waals surface area contributed by atoms with Gasteiger partial charge in [-0.1, -0.05) is 42.5 Å². The zero-order valence-electron chi connectivity index (χ0n) is 13.4. The molecule has 0 bridgehead atoms. The topological polar surface area (TPSA) is 12.5 Å². The Balaban J connectivity index is 1.73. The van der Waals surface area contributed by atoms with Crippen molar-refractivity contribution in [2.24, 2.45) is 0 Å². The summed E-state index contributed by atoms with van der Waals surface area (Å²) in [5.74, 6) is 0.120. The molecule has 2 aromatic carbocycles. The summed E-state index contributed by atoms with van der Waals surface area (Å²) < 4.78 is 18.4. The second kappa shape index (κ2) is 7.42. The predicted molar refractivity (Wildman–Crippen MR) is 90.6 cm³/mol. The number of hydrogen-bond donors (Lipinski definition) is 0. The maximum absolute atomic E-state index is 13.2. The van der Waals surface area contributed by atoms with Crippen LogP contribution in [0.5, 0.6) is 0 Å². The SMILES string of the molecule is CO/C=C1\CN(Cc2ccccc2)CC[C@H]1c1ccc(F)cc1. The number of piperidine rings is 1. The standard InChI is InChI=1S/C20H22FNO/c1-23-15-18-14-22(13-16-5-3-2-4-6-16)12-11-20(18)17-7-9-19(21)10-8-17/h2-10,15,20H,11-14H2,1H3/b18-15+/t20-/m0/s1. The summed E-state index contributed by atoms with van der Waals surface area (Å²) in [6, 6.07) is 17.4. The normalized spacial score (nSPS) is 20.6. The quantitative estimate of drug-likeness (QED) is 0.779. The van der Waals surface area contributed by atoms with Gasteiger partial charge in [0.15, 0.2) is 0 Å². The van der Waals surface area contributed by atoms with Crippen LogP contribution in [0.1, 0.15) is 23.5 Å². The van der Waals surface area contributed by atoms with E-state index in [4.69, 9.17) is 4.74 Å². The zero-order chi connectivity index (χ0) is 16.1. The van der Waals surface area contributed by atoms with Gasteiger partial charge in [-0.3, -0.25) is 4.90 Å². The first-order chi connectivity index (χ1) is 11.3. The molecule has 0 amide bonds. The summed E-state index contributed by atoms with van der Waals surface area (Å²) >= 11 is 0. The van der Waals surface area contributed by atoms with Crippen LogP contribution in [0.4, 0.5) is 4.39 Å².